The Morgan fingerprint density at radius 3 is 2.45 bits per heavy atom. The van der Waals surface area contributed by atoms with Crippen LogP contribution in [0.3, 0.4) is 0 Å². The van der Waals surface area contributed by atoms with Crippen LogP contribution in [0.15, 0.2) is 47.6 Å². The number of nitrogens with zero attached hydrogens (tertiary/aromatic N) is 3. The molecule has 0 radical (unpaired) electrons. The molecule has 31 heavy (non-hydrogen) atoms. The Morgan fingerprint density at radius 2 is 1.77 bits per heavy atom. The standard InChI is InChI=1S/C19H16ClF3N4O3S/c20-15-3-2-13(10-14(15)19(21,22)23)31(29,30)27-7-5-26(6-8-27)18(28)12-1-4-16-17(9-12)25-11-24-16/h1-4,9-11H,5-8H2,(H,24,25). The topological polar surface area (TPSA) is 86.4 Å². The second kappa shape index (κ2) is 7.81. The van der Waals surface area contributed by atoms with Crippen LogP contribution < -0.4 is 0 Å². The molecule has 0 aliphatic carbocycles. The molecule has 0 bridgehead atoms. The Morgan fingerprint density at radius 1 is 1.06 bits per heavy atom. The third-order valence-electron chi connectivity index (χ3n) is 5.07. The normalized spacial score (nSPS) is 16.1. The van der Waals surface area contributed by atoms with Gasteiger partial charge in [-0.25, -0.2) is 13.4 Å². The number of nitrogens with one attached hydrogen (secondary N) is 1. The van der Waals surface area contributed by atoms with E-state index in [-0.39, 0.29) is 32.1 Å². The molecule has 0 atom stereocenters. The van der Waals surface area contributed by atoms with Crippen LogP contribution in [0.4, 0.5) is 13.2 Å². The molecule has 2 heterocycles. The van der Waals surface area contributed by atoms with Crippen LogP contribution in [0, 0.1) is 0 Å². The smallest absolute Gasteiger partial charge is 0.345 e. The maximum atomic E-state index is 13.1. The molecule has 4 rings (SSSR count). The number of imidazole rings is 1. The zero-order chi connectivity index (χ0) is 22.4. The molecule has 1 amide bonds. The van der Waals surface area contributed by atoms with Gasteiger partial charge in [0.15, 0.2) is 0 Å². The largest absolute Gasteiger partial charge is 0.417 e. The lowest BCUT2D eigenvalue weighted by atomic mass is 10.1. The highest BCUT2D eigenvalue weighted by molar-refractivity contribution is 7.89. The highest BCUT2D eigenvalue weighted by Crippen LogP contribution is 2.36. The molecule has 164 valence electrons. The van der Waals surface area contributed by atoms with Gasteiger partial charge in [-0.1, -0.05) is 11.6 Å². The predicted octanol–water partition coefficient (Wildman–Crippen LogP) is 3.38. The monoisotopic (exact) mass is 472 g/mol. The second-order valence-corrected chi connectivity index (χ2v) is 9.32. The summed E-state index contributed by atoms with van der Waals surface area (Å²) < 4.78 is 66.0. The van der Waals surface area contributed by atoms with Gasteiger partial charge in [0.05, 0.1) is 32.8 Å². The molecule has 0 unspecified atom stereocenters. The van der Waals surface area contributed by atoms with E-state index in [4.69, 9.17) is 11.6 Å². The van der Waals surface area contributed by atoms with Crippen molar-refractivity contribution >= 4 is 38.6 Å². The zero-order valence-corrected chi connectivity index (χ0v) is 17.4. The molecular formula is C19H16ClF3N4O3S. The Kier molecular flexibility index (Phi) is 5.44. The van der Waals surface area contributed by atoms with Crippen molar-refractivity contribution in [3.63, 3.8) is 0 Å². The summed E-state index contributed by atoms with van der Waals surface area (Å²) in [5, 5.41) is -0.573. The molecule has 1 fully saturated rings. The summed E-state index contributed by atoms with van der Waals surface area (Å²) >= 11 is 5.58. The van der Waals surface area contributed by atoms with Gasteiger partial charge in [-0.2, -0.15) is 17.5 Å². The number of aromatic amines is 1. The van der Waals surface area contributed by atoms with Gasteiger partial charge in [0.1, 0.15) is 0 Å². The summed E-state index contributed by atoms with van der Waals surface area (Å²) in [6.45, 7) is 0.145. The van der Waals surface area contributed by atoms with Crippen molar-refractivity contribution in [2.24, 2.45) is 0 Å². The van der Waals surface area contributed by atoms with Crippen molar-refractivity contribution in [3.05, 3.63) is 58.9 Å². The van der Waals surface area contributed by atoms with Gasteiger partial charge in [0.2, 0.25) is 10.0 Å². The van der Waals surface area contributed by atoms with Gasteiger partial charge in [0, 0.05) is 31.7 Å². The van der Waals surface area contributed by atoms with E-state index in [1.54, 1.807) is 18.2 Å². The summed E-state index contributed by atoms with van der Waals surface area (Å²) in [7, 11) is -4.17. The van der Waals surface area contributed by atoms with Crippen molar-refractivity contribution in [1.29, 1.82) is 0 Å². The minimum absolute atomic E-state index is 0.0373. The number of amides is 1. The van der Waals surface area contributed by atoms with E-state index in [2.05, 4.69) is 9.97 Å². The van der Waals surface area contributed by atoms with Crippen molar-refractivity contribution < 1.29 is 26.4 Å². The number of carbonyl (C=O) groups excluding carboxylic acids is 1. The van der Waals surface area contributed by atoms with Crippen molar-refractivity contribution in [2.45, 2.75) is 11.1 Å². The van der Waals surface area contributed by atoms with Crippen LogP contribution in [0.2, 0.25) is 5.02 Å². The Balaban J connectivity index is 1.49. The van der Waals surface area contributed by atoms with Gasteiger partial charge in [-0.15, -0.1) is 0 Å². The number of H-pyrrole nitrogens is 1. The van der Waals surface area contributed by atoms with Crippen LogP contribution in [0.5, 0.6) is 0 Å². The van der Waals surface area contributed by atoms with E-state index >= 15 is 0 Å². The summed E-state index contributed by atoms with van der Waals surface area (Å²) in [5.74, 6) is -0.264. The van der Waals surface area contributed by atoms with Gasteiger partial charge >= 0.3 is 6.18 Å². The molecule has 0 saturated carbocycles. The van der Waals surface area contributed by atoms with Crippen molar-refractivity contribution in [1.82, 2.24) is 19.2 Å². The first-order valence-corrected chi connectivity index (χ1v) is 11.0. The lowest BCUT2D eigenvalue weighted by molar-refractivity contribution is -0.137. The molecule has 1 aliphatic heterocycles. The van der Waals surface area contributed by atoms with Crippen LogP contribution in [-0.4, -0.2) is 59.7 Å². The fourth-order valence-electron chi connectivity index (χ4n) is 3.41. The lowest BCUT2D eigenvalue weighted by Crippen LogP contribution is -2.50. The zero-order valence-electron chi connectivity index (χ0n) is 15.9. The summed E-state index contributed by atoms with van der Waals surface area (Å²) in [6, 6.07) is 7.52. The third-order valence-corrected chi connectivity index (χ3v) is 7.30. The molecule has 3 aromatic rings. The maximum absolute atomic E-state index is 13.1. The first-order valence-electron chi connectivity index (χ1n) is 9.17. The summed E-state index contributed by atoms with van der Waals surface area (Å²) in [4.78, 5) is 20.8. The Bertz CT molecular complexity index is 1250. The molecule has 2 aromatic carbocycles. The molecule has 0 spiro atoms. The number of sulfonamides is 1. The van der Waals surface area contributed by atoms with E-state index < -0.39 is 31.7 Å². The molecular weight excluding hydrogens is 457 g/mol. The number of piperazine rings is 1. The van der Waals surface area contributed by atoms with Crippen LogP contribution in [0.1, 0.15) is 15.9 Å². The number of halogens is 4. The maximum Gasteiger partial charge on any atom is 0.417 e. The fourth-order valence-corrected chi connectivity index (χ4v) is 5.09. The van der Waals surface area contributed by atoms with Gasteiger partial charge in [0.25, 0.3) is 5.91 Å². The summed E-state index contributed by atoms with van der Waals surface area (Å²) in [5.41, 5.74) is 0.641. The fraction of sp³-hybridized carbons (Fsp3) is 0.263. The van der Waals surface area contributed by atoms with E-state index in [0.717, 1.165) is 16.4 Å². The first-order chi connectivity index (χ1) is 14.6. The Hall–Kier alpha value is -2.63. The van der Waals surface area contributed by atoms with Gasteiger partial charge < -0.3 is 9.88 Å². The number of carbonyl (C=O) groups is 1. The molecule has 7 nitrogen and oxygen atoms in total. The molecule has 1 N–H and O–H groups in total. The van der Waals surface area contributed by atoms with Crippen molar-refractivity contribution in [2.75, 3.05) is 26.2 Å². The lowest BCUT2D eigenvalue weighted by Gasteiger charge is -2.34. The van der Waals surface area contributed by atoms with E-state index in [1.807, 2.05) is 0 Å². The van der Waals surface area contributed by atoms with Crippen LogP contribution in [-0.2, 0) is 16.2 Å². The minimum atomic E-state index is -4.77. The summed E-state index contributed by atoms with van der Waals surface area (Å²) in [6.07, 6.45) is -3.26. The Labute approximate surface area is 180 Å². The SMILES string of the molecule is O=C(c1ccc2nc[nH]c2c1)N1CCN(S(=O)(=O)c2ccc(Cl)c(C(F)(F)F)c2)CC1. The molecule has 1 aromatic heterocycles. The average Bonchev–Trinajstić information content (AvgIpc) is 3.20. The minimum Gasteiger partial charge on any atom is -0.345 e. The van der Waals surface area contributed by atoms with E-state index in [0.29, 0.717) is 22.7 Å². The van der Waals surface area contributed by atoms with E-state index in [1.165, 1.54) is 11.2 Å². The van der Waals surface area contributed by atoms with Gasteiger partial charge in [-0.3, -0.25) is 4.79 Å². The average molecular weight is 473 g/mol. The number of fused-ring (bicyclic) bond motifs is 1. The number of rotatable bonds is 3. The number of hydrogen-bond donors (Lipinski definition) is 1. The van der Waals surface area contributed by atoms with Crippen LogP contribution >= 0.6 is 11.6 Å². The third kappa shape index (κ3) is 4.12. The molecule has 12 heteroatoms. The molecule has 1 saturated heterocycles. The predicted molar refractivity (Wildman–Crippen MR) is 107 cm³/mol. The van der Waals surface area contributed by atoms with Crippen LogP contribution in [0.25, 0.3) is 11.0 Å². The number of aromatic nitrogens is 2. The number of hydrogen-bond acceptors (Lipinski definition) is 4. The molecule has 1 aliphatic rings. The number of alkyl halides is 3. The van der Waals surface area contributed by atoms with E-state index in [9.17, 15) is 26.4 Å². The number of benzene rings is 2. The quantitative estimate of drug-likeness (QED) is 0.633. The highest BCUT2D eigenvalue weighted by atomic mass is 35.5. The van der Waals surface area contributed by atoms with Gasteiger partial charge in [-0.05, 0) is 36.4 Å². The highest BCUT2D eigenvalue weighted by Gasteiger charge is 2.36. The first kappa shape index (κ1) is 21.6. The second-order valence-electron chi connectivity index (χ2n) is 6.97. The van der Waals surface area contributed by atoms with Crippen molar-refractivity contribution in [3.8, 4) is 0 Å².